The van der Waals surface area contributed by atoms with Gasteiger partial charge in [-0.2, -0.15) is 0 Å². The van der Waals surface area contributed by atoms with Gasteiger partial charge >= 0.3 is 0 Å². The third kappa shape index (κ3) is 4.40. The van der Waals surface area contributed by atoms with Crippen molar-refractivity contribution in [2.75, 3.05) is 50.8 Å². The number of fused-ring (bicyclic) bond motifs is 1. The number of carbonyl (C=O) groups excluding carboxylic acids is 1. The lowest BCUT2D eigenvalue weighted by Crippen LogP contribution is -2.62. The number of piperazine rings is 1. The summed E-state index contributed by atoms with van der Waals surface area (Å²) < 4.78 is 40.9. The van der Waals surface area contributed by atoms with Crippen molar-refractivity contribution >= 4 is 21.4 Å². The van der Waals surface area contributed by atoms with E-state index in [1.54, 1.807) is 50.5 Å². The van der Waals surface area contributed by atoms with Crippen LogP contribution in [0.4, 0.5) is 5.69 Å². The van der Waals surface area contributed by atoms with Gasteiger partial charge in [0.25, 0.3) is 0 Å². The maximum absolute atomic E-state index is 13.1. The highest BCUT2D eigenvalue weighted by molar-refractivity contribution is 7.91. The van der Waals surface area contributed by atoms with E-state index in [9.17, 15) is 13.2 Å². The van der Waals surface area contributed by atoms with Crippen LogP contribution in [-0.2, 0) is 21.1 Å². The van der Waals surface area contributed by atoms with E-state index in [4.69, 9.17) is 14.2 Å². The average molecular weight is 461 g/mol. The smallest absolute Gasteiger partial charge is 0.241 e. The molecule has 4 rings (SSSR count). The highest BCUT2D eigenvalue weighted by atomic mass is 32.2. The number of rotatable bonds is 7. The zero-order chi connectivity index (χ0) is 22.9. The van der Waals surface area contributed by atoms with Crippen LogP contribution in [0.15, 0.2) is 42.5 Å². The Balaban J connectivity index is 1.54. The molecule has 0 aliphatic carbocycles. The highest BCUT2D eigenvalue weighted by Gasteiger charge is 2.49. The number of anilines is 1. The van der Waals surface area contributed by atoms with Crippen LogP contribution in [-0.4, -0.2) is 77.2 Å². The van der Waals surface area contributed by atoms with Gasteiger partial charge in [0.1, 0.15) is 5.75 Å². The van der Waals surface area contributed by atoms with Gasteiger partial charge in [0, 0.05) is 18.3 Å². The molecule has 0 bridgehead atoms. The summed E-state index contributed by atoms with van der Waals surface area (Å²) in [5.74, 6) is 1.92. The lowest BCUT2D eigenvalue weighted by Gasteiger charge is -2.43. The summed E-state index contributed by atoms with van der Waals surface area (Å²) in [6, 6.07) is 12.3. The van der Waals surface area contributed by atoms with Gasteiger partial charge in [-0.15, -0.1) is 0 Å². The lowest BCUT2D eigenvalue weighted by atomic mass is 10.0. The zero-order valence-corrected chi connectivity index (χ0v) is 19.3. The SMILES string of the molecule is COc1ccc(N2C(=O)CN(CCc3ccc(OC)c(OC)c3)[C@@H]3CS(=O)(=O)C[C@@H]32)cc1. The molecule has 32 heavy (non-hydrogen) atoms. The van der Waals surface area contributed by atoms with Gasteiger partial charge in [-0.1, -0.05) is 6.07 Å². The Bertz CT molecular complexity index is 1090. The monoisotopic (exact) mass is 460 g/mol. The quantitative estimate of drug-likeness (QED) is 0.623. The molecule has 2 fully saturated rings. The molecular weight excluding hydrogens is 432 g/mol. The second-order valence-electron chi connectivity index (χ2n) is 8.08. The number of carbonyl (C=O) groups is 1. The maximum Gasteiger partial charge on any atom is 0.241 e. The Hall–Kier alpha value is -2.78. The minimum atomic E-state index is -3.24. The topological polar surface area (TPSA) is 85.4 Å². The Morgan fingerprint density at radius 3 is 2.25 bits per heavy atom. The molecule has 0 aromatic heterocycles. The van der Waals surface area contributed by atoms with Gasteiger partial charge in [-0.05, 0) is 48.4 Å². The van der Waals surface area contributed by atoms with E-state index >= 15 is 0 Å². The van der Waals surface area contributed by atoms with Crippen molar-refractivity contribution < 1.29 is 27.4 Å². The van der Waals surface area contributed by atoms with Crippen molar-refractivity contribution in [3.05, 3.63) is 48.0 Å². The number of sulfone groups is 1. The summed E-state index contributed by atoms with van der Waals surface area (Å²) >= 11 is 0. The molecule has 2 aromatic rings. The van der Waals surface area contributed by atoms with E-state index in [0.717, 1.165) is 5.56 Å². The summed E-state index contributed by atoms with van der Waals surface area (Å²) in [6.07, 6.45) is 0.666. The second kappa shape index (κ2) is 8.99. The van der Waals surface area contributed by atoms with Crippen LogP contribution in [0.1, 0.15) is 5.56 Å². The molecule has 2 heterocycles. The molecule has 0 unspecified atom stereocenters. The van der Waals surface area contributed by atoms with Gasteiger partial charge < -0.3 is 19.1 Å². The maximum atomic E-state index is 13.1. The number of amides is 1. The van der Waals surface area contributed by atoms with Crippen molar-refractivity contribution in [3.63, 3.8) is 0 Å². The number of benzene rings is 2. The van der Waals surface area contributed by atoms with Gasteiger partial charge in [0.2, 0.25) is 5.91 Å². The van der Waals surface area contributed by atoms with Gasteiger partial charge in [-0.25, -0.2) is 8.42 Å². The third-order valence-electron chi connectivity index (χ3n) is 6.19. The van der Waals surface area contributed by atoms with Gasteiger partial charge in [0.05, 0.1) is 45.4 Å². The third-order valence-corrected chi connectivity index (χ3v) is 7.89. The molecule has 1 amide bonds. The van der Waals surface area contributed by atoms with Crippen molar-refractivity contribution in [3.8, 4) is 17.2 Å². The highest BCUT2D eigenvalue weighted by Crippen LogP contribution is 2.33. The molecule has 172 valence electrons. The minimum absolute atomic E-state index is 0.0255. The fraction of sp³-hybridized carbons (Fsp3) is 0.435. The number of methoxy groups -OCH3 is 3. The van der Waals surface area contributed by atoms with E-state index in [1.807, 2.05) is 23.1 Å². The molecule has 2 aliphatic rings. The molecule has 2 aromatic carbocycles. The summed E-state index contributed by atoms with van der Waals surface area (Å²) in [7, 11) is 1.52. The van der Waals surface area contributed by atoms with Crippen LogP contribution in [0.2, 0.25) is 0 Å². The molecule has 2 saturated heterocycles. The minimum Gasteiger partial charge on any atom is -0.497 e. The fourth-order valence-corrected chi connectivity index (χ4v) is 6.57. The van der Waals surface area contributed by atoms with Crippen LogP contribution in [0.3, 0.4) is 0 Å². The molecule has 0 spiro atoms. The standard InChI is InChI=1S/C23H28N2O6S/c1-29-18-7-5-17(6-8-18)25-20-15-32(27,28)14-19(20)24(13-23(25)26)11-10-16-4-9-21(30-2)22(12-16)31-3/h4-9,12,19-20H,10-11,13-15H2,1-3H3/t19-,20+/m1/s1. The molecule has 0 N–H and O–H groups in total. The van der Waals surface area contributed by atoms with Crippen molar-refractivity contribution in [2.45, 2.75) is 18.5 Å². The molecular formula is C23H28N2O6S. The first-order valence-corrected chi connectivity index (χ1v) is 12.3. The van der Waals surface area contributed by atoms with Crippen LogP contribution in [0, 0.1) is 0 Å². The molecule has 0 radical (unpaired) electrons. The van der Waals surface area contributed by atoms with Crippen LogP contribution >= 0.6 is 0 Å². The summed E-state index contributed by atoms with van der Waals surface area (Å²) in [6.45, 7) is 0.754. The van der Waals surface area contributed by atoms with Crippen molar-refractivity contribution in [1.29, 1.82) is 0 Å². The molecule has 2 aliphatic heterocycles. The summed E-state index contributed by atoms with van der Waals surface area (Å²) in [5, 5.41) is 0. The van der Waals surface area contributed by atoms with E-state index < -0.39 is 15.9 Å². The normalized spacial score (nSPS) is 22.5. The predicted molar refractivity (Wildman–Crippen MR) is 122 cm³/mol. The Kier molecular flexibility index (Phi) is 6.30. The predicted octanol–water partition coefficient (Wildman–Crippen LogP) is 1.77. The zero-order valence-electron chi connectivity index (χ0n) is 18.5. The molecule has 8 nitrogen and oxygen atoms in total. The molecule has 2 atom stereocenters. The Labute approximate surface area is 188 Å². The van der Waals surface area contributed by atoms with Gasteiger partial charge in [0.15, 0.2) is 21.3 Å². The number of hydrogen-bond acceptors (Lipinski definition) is 7. The lowest BCUT2D eigenvalue weighted by molar-refractivity contribution is -0.123. The number of hydrogen-bond donors (Lipinski definition) is 0. The van der Waals surface area contributed by atoms with Crippen molar-refractivity contribution in [1.82, 2.24) is 4.90 Å². The average Bonchev–Trinajstić information content (AvgIpc) is 3.12. The Morgan fingerprint density at radius 2 is 1.59 bits per heavy atom. The molecule has 9 heteroatoms. The first-order chi connectivity index (χ1) is 15.3. The Morgan fingerprint density at radius 1 is 0.906 bits per heavy atom. The van der Waals surface area contributed by atoms with Crippen LogP contribution in [0.25, 0.3) is 0 Å². The number of ether oxygens (including phenoxy) is 3. The second-order valence-corrected chi connectivity index (χ2v) is 10.2. The van der Waals surface area contributed by atoms with Crippen molar-refractivity contribution in [2.24, 2.45) is 0 Å². The van der Waals surface area contributed by atoms with E-state index in [0.29, 0.717) is 35.9 Å². The summed E-state index contributed by atoms with van der Waals surface area (Å²) in [4.78, 5) is 16.8. The first-order valence-electron chi connectivity index (χ1n) is 10.5. The number of nitrogens with zero attached hydrogens (tertiary/aromatic N) is 2. The fourth-order valence-electron chi connectivity index (χ4n) is 4.59. The van der Waals surface area contributed by atoms with E-state index in [1.165, 1.54) is 0 Å². The largest absolute Gasteiger partial charge is 0.497 e. The van der Waals surface area contributed by atoms with Crippen LogP contribution < -0.4 is 19.1 Å². The van der Waals surface area contributed by atoms with E-state index in [2.05, 4.69) is 0 Å². The molecule has 0 saturated carbocycles. The first kappa shape index (κ1) is 22.4. The summed E-state index contributed by atoms with van der Waals surface area (Å²) in [5.41, 5.74) is 1.73. The van der Waals surface area contributed by atoms with Gasteiger partial charge in [-0.3, -0.25) is 9.69 Å². The van der Waals surface area contributed by atoms with Crippen LogP contribution in [0.5, 0.6) is 17.2 Å². The van der Waals surface area contributed by atoms with E-state index in [-0.39, 0.29) is 30.0 Å².